The fraction of sp³-hybridized carbons (Fsp3) is 0.192. The molecule has 0 aliphatic carbocycles. The van der Waals surface area contributed by atoms with E-state index in [0.29, 0.717) is 17.3 Å². The average Bonchev–Trinajstić information content (AvgIpc) is 3.33. The van der Waals surface area contributed by atoms with Crippen LogP contribution in [0.3, 0.4) is 0 Å². The van der Waals surface area contributed by atoms with Gasteiger partial charge in [-0.25, -0.2) is 4.79 Å². The molecule has 0 bridgehead atoms. The van der Waals surface area contributed by atoms with Crippen LogP contribution < -0.4 is 5.32 Å². The quantitative estimate of drug-likeness (QED) is 0.319. The summed E-state index contributed by atoms with van der Waals surface area (Å²) in [6.45, 7) is 2.16. The molecule has 1 heterocycles. The molecule has 4 rings (SSSR count). The predicted octanol–water partition coefficient (Wildman–Crippen LogP) is 6.45. The normalized spacial score (nSPS) is 11.8. The summed E-state index contributed by atoms with van der Waals surface area (Å²) < 4.78 is 5.84. The van der Waals surface area contributed by atoms with Crippen molar-refractivity contribution < 1.29 is 14.3 Å². The number of carboxylic acids is 1. The second-order valence-corrected chi connectivity index (χ2v) is 7.62. The maximum atomic E-state index is 11.1. The first-order chi connectivity index (χ1) is 15.6. The number of aromatic nitrogens is 2. The number of unbranched alkanes of at least 4 members (excludes halogenated alkanes) is 1. The molecule has 0 amide bonds. The number of nitrogens with one attached hydrogen (secondary N) is 1. The number of benzene rings is 3. The fourth-order valence-electron chi connectivity index (χ4n) is 3.54. The summed E-state index contributed by atoms with van der Waals surface area (Å²) in [6.07, 6.45) is 3.11. The summed E-state index contributed by atoms with van der Waals surface area (Å²) in [6, 6.07) is 24.7. The van der Waals surface area contributed by atoms with Gasteiger partial charge in [-0.2, -0.15) is 0 Å². The molecular formula is C26H25N3O3. The van der Waals surface area contributed by atoms with Crippen molar-refractivity contribution in [1.82, 2.24) is 10.2 Å². The van der Waals surface area contributed by atoms with E-state index in [1.807, 2.05) is 66.7 Å². The minimum Gasteiger partial charge on any atom is -0.478 e. The molecule has 6 nitrogen and oxygen atoms in total. The smallest absolute Gasteiger partial charge is 0.335 e. The topological polar surface area (TPSA) is 88.3 Å². The van der Waals surface area contributed by atoms with E-state index in [9.17, 15) is 4.79 Å². The van der Waals surface area contributed by atoms with Crippen LogP contribution in [-0.2, 0) is 0 Å². The van der Waals surface area contributed by atoms with Crippen LogP contribution >= 0.6 is 0 Å². The van der Waals surface area contributed by atoms with Crippen molar-refractivity contribution in [2.45, 2.75) is 32.2 Å². The van der Waals surface area contributed by atoms with Crippen molar-refractivity contribution >= 4 is 11.7 Å². The highest BCUT2D eigenvalue weighted by atomic mass is 16.4. The first-order valence-corrected chi connectivity index (χ1v) is 10.7. The van der Waals surface area contributed by atoms with Gasteiger partial charge in [0, 0.05) is 16.8 Å². The molecule has 32 heavy (non-hydrogen) atoms. The number of hydrogen-bond acceptors (Lipinski definition) is 5. The first-order valence-electron chi connectivity index (χ1n) is 10.7. The number of hydrogen-bond donors (Lipinski definition) is 2. The van der Waals surface area contributed by atoms with E-state index in [1.165, 1.54) is 0 Å². The van der Waals surface area contributed by atoms with Crippen LogP contribution in [0.15, 0.2) is 83.3 Å². The summed E-state index contributed by atoms with van der Waals surface area (Å²) in [5, 5.41) is 21.1. The minimum atomic E-state index is -0.915. The second-order valence-electron chi connectivity index (χ2n) is 7.62. The van der Waals surface area contributed by atoms with E-state index in [4.69, 9.17) is 9.52 Å². The molecule has 0 spiro atoms. The molecule has 1 unspecified atom stereocenters. The monoisotopic (exact) mass is 427 g/mol. The van der Waals surface area contributed by atoms with Crippen LogP contribution in [-0.4, -0.2) is 21.3 Å². The summed E-state index contributed by atoms with van der Waals surface area (Å²) >= 11 is 0. The summed E-state index contributed by atoms with van der Waals surface area (Å²) in [5.74, 6) is 0.0519. The lowest BCUT2D eigenvalue weighted by Gasteiger charge is -2.20. The largest absolute Gasteiger partial charge is 0.478 e. The van der Waals surface area contributed by atoms with Crippen LogP contribution in [0, 0.1) is 0 Å². The molecule has 162 valence electrons. The Morgan fingerprint density at radius 2 is 1.53 bits per heavy atom. The second kappa shape index (κ2) is 9.92. The number of anilines is 1. The van der Waals surface area contributed by atoms with Gasteiger partial charge in [0.05, 0.1) is 11.6 Å². The molecular weight excluding hydrogens is 402 g/mol. The first kappa shape index (κ1) is 21.3. The van der Waals surface area contributed by atoms with E-state index in [1.54, 1.807) is 12.1 Å². The molecule has 6 heteroatoms. The van der Waals surface area contributed by atoms with E-state index in [-0.39, 0.29) is 6.04 Å². The standard InChI is InChI=1S/C26H25N3O3/c1-2-3-9-23(18-10-12-21(13-11-18)26(30)31)27-22-16-14-20(15-17-22)25-29-28-24(32-25)19-7-5-4-6-8-19/h4-8,10-17,23,27H,2-3,9H2,1H3,(H,30,31). The van der Waals surface area contributed by atoms with Gasteiger partial charge in [-0.15, -0.1) is 10.2 Å². The Kier molecular flexibility index (Phi) is 6.60. The molecule has 0 aliphatic heterocycles. The Hall–Kier alpha value is -3.93. The van der Waals surface area contributed by atoms with Gasteiger partial charge in [0.25, 0.3) is 0 Å². The molecule has 0 saturated heterocycles. The fourth-order valence-corrected chi connectivity index (χ4v) is 3.54. The van der Waals surface area contributed by atoms with E-state index >= 15 is 0 Å². The molecule has 0 saturated carbocycles. The summed E-state index contributed by atoms with van der Waals surface area (Å²) in [5.41, 5.74) is 4.07. The molecule has 2 N–H and O–H groups in total. The van der Waals surface area contributed by atoms with Crippen LogP contribution in [0.4, 0.5) is 5.69 Å². The summed E-state index contributed by atoms with van der Waals surface area (Å²) in [4.78, 5) is 11.1. The third-order valence-electron chi connectivity index (χ3n) is 5.32. The predicted molar refractivity (Wildman–Crippen MR) is 124 cm³/mol. The van der Waals surface area contributed by atoms with E-state index in [2.05, 4.69) is 22.4 Å². The highest BCUT2D eigenvalue weighted by molar-refractivity contribution is 5.87. The Morgan fingerprint density at radius 3 is 2.12 bits per heavy atom. The van der Waals surface area contributed by atoms with Crippen molar-refractivity contribution in [3.8, 4) is 22.9 Å². The van der Waals surface area contributed by atoms with Crippen molar-refractivity contribution in [1.29, 1.82) is 0 Å². The summed E-state index contributed by atoms with van der Waals surface area (Å²) in [7, 11) is 0. The van der Waals surface area contributed by atoms with Gasteiger partial charge >= 0.3 is 5.97 Å². The third-order valence-corrected chi connectivity index (χ3v) is 5.32. The Morgan fingerprint density at radius 1 is 0.906 bits per heavy atom. The highest BCUT2D eigenvalue weighted by Gasteiger charge is 2.14. The maximum absolute atomic E-state index is 11.1. The SMILES string of the molecule is CCCCC(Nc1ccc(-c2nnc(-c3ccccc3)o2)cc1)c1ccc(C(=O)O)cc1. The van der Waals surface area contributed by atoms with Gasteiger partial charge in [0.2, 0.25) is 11.8 Å². The molecule has 0 fully saturated rings. The number of carbonyl (C=O) groups is 1. The Labute approximate surface area is 187 Å². The minimum absolute atomic E-state index is 0.0942. The lowest BCUT2D eigenvalue weighted by molar-refractivity contribution is 0.0697. The molecule has 0 radical (unpaired) electrons. The van der Waals surface area contributed by atoms with Gasteiger partial charge in [0.15, 0.2) is 0 Å². The zero-order chi connectivity index (χ0) is 22.3. The maximum Gasteiger partial charge on any atom is 0.335 e. The Bertz CT molecular complexity index is 1150. The molecule has 0 aliphatic rings. The Balaban J connectivity index is 1.49. The number of rotatable bonds is 9. The van der Waals surface area contributed by atoms with Gasteiger partial charge in [0.1, 0.15) is 0 Å². The van der Waals surface area contributed by atoms with Gasteiger partial charge in [-0.05, 0) is 60.5 Å². The lowest BCUT2D eigenvalue weighted by atomic mass is 9.99. The molecule has 4 aromatic rings. The van der Waals surface area contributed by atoms with Crippen molar-refractivity contribution in [2.75, 3.05) is 5.32 Å². The van der Waals surface area contributed by atoms with Crippen molar-refractivity contribution in [3.63, 3.8) is 0 Å². The van der Waals surface area contributed by atoms with Crippen molar-refractivity contribution in [2.24, 2.45) is 0 Å². The number of nitrogens with zero attached hydrogens (tertiary/aromatic N) is 2. The lowest BCUT2D eigenvalue weighted by Crippen LogP contribution is -2.11. The van der Waals surface area contributed by atoms with E-state index < -0.39 is 5.97 Å². The van der Waals surface area contributed by atoms with Crippen molar-refractivity contribution in [3.05, 3.63) is 90.0 Å². The molecule has 1 aromatic heterocycles. The van der Waals surface area contributed by atoms with Crippen LogP contribution in [0.25, 0.3) is 22.9 Å². The van der Waals surface area contributed by atoms with Crippen LogP contribution in [0.2, 0.25) is 0 Å². The number of aromatic carboxylic acids is 1. The van der Waals surface area contributed by atoms with Crippen LogP contribution in [0.5, 0.6) is 0 Å². The number of carboxylic acid groups (broad SMARTS) is 1. The third kappa shape index (κ3) is 5.03. The van der Waals surface area contributed by atoms with Crippen LogP contribution in [0.1, 0.15) is 48.1 Å². The van der Waals surface area contributed by atoms with Gasteiger partial charge in [-0.3, -0.25) is 0 Å². The zero-order valence-corrected chi connectivity index (χ0v) is 17.9. The van der Waals surface area contributed by atoms with Gasteiger partial charge in [-0.1, -0.05) is 50.1 Å². The molecule has 3 aromatic carbocycles. The highest BCUT2D eigenvalue weighted by Crippen LogP contribution is 2.28. The average molecular weight is 428 g/mol. The van der Waals surface area contributed by atoms with E-state index in [0.717, 1.165) is 41.6 Å². The van der Waals surface area contributed by atoms with Gasteiger partial charge < -0.3 is 14.8 Å². The molecule has 1 atom stereocenters. The zero-order valence-electron chi connectivity index (χ0n) is 17.9.